The lowest BCUT2D eigenvalue weighted by Gasteiger charge is -2.26. The summed E-state index contributed by atoms with van der Waals surface area (Å²) in [7, 11) is 0. The zero-order valence-electron chi connectivity index (χ0n) is 7.74. The number of hydrogen-bond acceptors (Lipinski definition) is 2. The van der Waals surface area contributed by atoms with Crippen LogP contribution in [0.5, 0.6) is 0 Å². The first kappa shape index (κ1) is 9.65. The molecule has 3 nitrogen and oxygen atoms in total. The number of piperidine rings is 1. The third-order valence-electron chi connectivity index (χ3n) is 2.35. The van der Waals surface area contributed by atoms with E-state index in [0.717, 1.165) is 29.7 Å². The fourth-order valence-electron chi connectivity index (χ4n) is 1.61. The SMILES string of the molecule is O=C1CCCCN1c1ccc(Br)nc1. The van der Waals surface area contributed by atoms with Crippen molar-refractivity contribution in [3.05, 3.63) is 22.9 Å². The Balaban J connectivity index is 2.20. The first-order valence-electron chi connectivity index (χ1n) is 4.69. The molecule has 0 aromatic carbocycles. The maximum Gasteiger partial charge on any atom is 0.227 e. The van der Waals surface area contributed by atoms with Crippen molar-refractivity contribution in [1.82, 2.24) is 4.98 Å². The second kappa shape index (κ2) is 4.09. The van der Waals surface area contributed by atoms with Crippen molar-refractivity contribution in [2.75, 3.05) is 11.4 Å². The quantitative estimate of drug-likeness (QED) is 0.722. The van der Waals surface area contributed by atoms with Gasteiger partial charge < -0.3 is 4.90 Å². The van der Waals surface area contributed by atoms with Gasteiger partial charge in [-0.15, -0.1) is 0 Å². The van der Waals surface area contributed by atoms with Gasteiger partial charge in [-0.3, -0.25) is 4.79 Å². The van der Waals surface area contributed by atoms with Crippen LogP contribution < -0.4 is 4.90 Å². The largest absolute Gasteiger partial charge is 0.311 e. The second-order valence-electron chi connectivity index (χ2n) is 3.34. The van der Waals surface area contributed by atoms with E-state index in [0.29, 0.717) is 6.42 Å². The Hall–Kier alpha value is -0.900. The monoisotopic (exact) mass is 254 g/mol. The van der Waals surface area contributed by atoms with Gasteiger partial charge in [-0.05, 0) is 40.9 Å². The van der Waals surface area contributed by atoms with Crippen molar-refractivity contribution in [1.29, 1.82) is 0 Å². The number of anilines is 1. The Morgan fingerprint density at radius 1 is 1.36 bits per heavy atom. The molecule has 1 amide bonds. The normalized spacial score (nSPS) is 17.2. The van der Waals surface area contributed by atoms with Gasteiger partial charge in [0.1, 0.15) is 4.60 Å². The molecule has 1 fully saturated rings. The molecule has 1 aromatic rings. The Morgan fingerprint density at radius 2 is 2.21 bits per heavy atom. The molecular formula is C10H11BrN2O. The summed E-state index contributed by atoms with van der Waals surface area (Å²) in [6.45, 7) is 0.822. The van der Waals surface area contributed by atoms with E-state index in [4.69, 9.17) is 0 Å². The van der Waals surface area contributed by atoms with E-state index >= 15 is 0 Å². The molecule has 2 rings (SSSR count). The maximum absolute atomic E-state index is 11.6. The van der Waals surface area contributed by atoms with Gasteiger partial charge in [-0.2, -0.15) is 0 Å². The third kappa shape index (κ3) is 1.95. The molecule has 14 heavy (non-hydrogen) atoms. The van der Waals surface area contributed by atoms with E-state index in [1.54, 1.807) is 6.20 Å². The number of nitrogens with zero attached hydrogens (tertiary/aromatic N) is 2. The number of pyridine rings is 1. The number of rotatable bonds is 1. The van der Waals surface area contributed by atoms with Gasteiger partial charge in [0.15, 0.2) is 0 Å². The highest BCUT2D eigenvalue weighted by Crippen LogP contribution is 2.20. The van der Waals surface area contributed by atoms with E-state index < -0.39 is 0 Å². The van der Waals surface area contributed by atoms with E-state index in [9.17, 15) is 4.79 Å². The fraction of sp³-hybridized carbons (Fsp3) is 0.400. The highest BCUT2D eigenvalue weighted by Gasteiger charge is 2.19. The number of hydrogen-bond donors (Lipinski definition) is 0. The summed E-state index contributed by atoms with van der Waals surface area (Å²) in [6.07, 6.45) is 4.49. The zero-order valence-corrected chi connectivity index (χ0v) is 9.33. The van der Waals surface area contributed by atoms with Crippen LogP contribution in [0.2, 0.25) is 0 Å². The first-order chi connectivity index (χ1) is 6.77. The first-order valence-corrected chi connectivity index (χ1v) is 5.48. The molecule has 1 aromatic heterocycles. The predicted molar refractivity (Wildman–Crippen MR) is 58.1 cm³/mol. The lowest BCUT2D eigenvalue weighted by atomic mass is 10.1. The van der Waals surface area contributed by atoms with Gasteiger partial charge in [0.05, 0.1) is 11.9 Å². The number of aromatic nitrogens is 1. The molecule has 0 unspecified atom stereocenters. The third-order valence-corrected chi connectivity index (χ3v) is 2.82. The Morgan fingerprint density at radius 3 is 2.86 bits per heavy atom. The van der Waals surface area contributed by atoms with Gasteiger partial charge in [-0.25, -0.2) is 4.98 Å². The average Bonchev–Trinajstić information content (AvgIpc) is 2.20. The number of carbonyl (C=O) groups excluding carboxylic acids is 1. The van der Waals surface area contributed by atoms with Gasteiger partial charge in [0, 0.05) is 13.0 Å². The standard InChI is InChI=1S/C10H11BrN2O/c11-9-5-4-8(7-12-9)13-6-2-1-3-10(13)14/h4-5,7H,1-3,6H2. The smallest absolute Gasteiger partial charge is 0.227 e. The summed E-state index contributed by atoms with van der Waals surface area (Å²) in [5, 5.41) is 0. The fourth-order valence-corrected chi connectivity index (χ4v) is 1.84. The molecule has 1 aliphatic rings. The molecule has 0 atom stereocenters. The molecular weight excluding hydrogens is 244 g/mol. The van der Waals surface area contributed by atoms with E-state index in [-0.39, 0.29) is 5.91 Å². The van der Waals surface area contributed by atoms with Gasteiger partial charge in [0.2, 0.25) is 5.91 Å². The van der Waals surface area contributed by atoms with Crippen LogP contribution in [0.4, 0.5) is 5.69 Å². The summed E-state index contributed by atoms with van der Waals surface area (Å²) < 4.78 is 0.797. The Kier molecular flexibility index (Phi) is 2.82. The highest BCUT2D eigenvalue weighted by atomic mass is 79.9. The Bertz CT molecular complexity index is 336. The van der Waals surface area contributed by atoms with Crippen molar-refractivity contribution in [3.8, 4) is 0 Å². The van der Waals surface area contributed by atoms with Gasteiger partial charge >= 0.3 is 0 Å². The molecule has 74 valence electrons. The molecule has 0 radical (unpaired) electrons. The average molecular weight is 255 g/mol. The van der Waals surface area contributed by atoms with Crippen molar-refractivity contribution in [3.63, 3.8) is 0 Å². The zero-order chi connectivity index (χ0) is 9.97. The number of amides is 1. The van der Waals surface area contributed by atoms with Crippen molar-refractivity contribution < 1.29 is 4.79 Å². The predicted octanol–water partition coefficient (Wildman–Crippen LogP) is 2.36. The van der Waals surface area contributed by atoms with Gasteiger partial charge in [-0.1, -0.05) is 0 Å². The summed E-state index contributed by atoms with van der Waals surface area (Å²) in [4.78, 5) is 17.5. The van der Waals surface area contributed by atoms with Crippen LogP contribution >= 0.6 is 15.9 Å². The lowest BCUT2D eigenvalue weighted by molar-refractivity contribution is -0.119. The summed E-state index contributed by atoms with van der Waals surface area (Å²) in [6, 6.07) is 3.78. The molecule has 2 heterocycles. The summed E-state index contributed by atoms with van der Waals surface area (Å²) in [5.41, 5.74) is 0.901. The van der Waals surface area contributed by atoms with Crippen LogP contribution in [0.1, 0.15) is 19.3 Å². The number of halogens is 1. The van der Waals surface area contributed by atoms with Crippen LogP contribution in [0.15, 0.2) is 22.9 Å². The van der Waals surface area contributed by atoms with Crippen LogP contribution in [0, 0.1) is 0 Å². The molecule has 1 saturated heterocycles. The highest BCUT2D eigenvalue weighted by molar-refractivity contribution is 9.10. The number of carbonyl (C=O) groups is 1. The van der Waals surface area contributed by atoms with Crippen LogP contribution in [-0.4, -0.2) is 17.4 Å². The van der Waals surface area contributed by atoms with Crippen molar-refractivity contribution in [2.24, 2.45) is 0 Å². The van der Waals surface area contributed by atoms with E-state index in [1.807, 2.05) is 17.0 Å². The van der Waals surface area contributed by atoms with Crippen molar-refractivity contribution >= 4 is 27.5 Å². The summed E-state index contributed by atoms with van der Waals surface area (Å²) >= 11 is 3.27. The van der Waals surface area contributed by atoms with Crippen molar-refractivity contribution in [2.45, 2.75) is 19.3 Å². The van der Waals surface area contributed by atoms with Gasteiger partial charge in [0.25, 0.3) is 0 Å². The molecule has 4 heteroatoms. The molecule has 0 bridgehead atoms. The topological polar surface area (TPSA) is 33.2 Å². The van der Waals surface area contributed by atoms with Crippen LogP contribution in [0.3, 0.4) is 0 Å². The molecule has 0 N–H and O–H groups in total. The van der Waals surface area contributed by atoms with E-state index in [1.165, 1.54) is 0 Å². The lowest BCUT2D eigenvalue weighted by Crippen LogP contribution is -2.35. The van der Waals surface area contributed by atoms with Crippen LogP contribution in [0.25, 0.3) is 0 Å². The summed E-state index contributed by atoms with van der Waals surface area (Å²) in [5.74, 6) is 0.209. The minimum Gasteiger partial charge on any atom is -0.311 e. The minimum absolute atomic E-state index is 0.209. The second-order valence-corrected chi connectivity index (χ2v) is 4.15. The minimum atomic E-state index is 0.209. The molecule has 0 spiro atoms. The van der Waals surface area contributed by atoms with E-state index in [2.05, 4.69) is 20.9 Å². The molecule has 1 aliphatic heterocycles. The Labute approximate surface area is 91.3 Å². The molecule has 0 saturated carbocycles. The van der Waals surface area contributed by atoms with Crippen LogP contribution in [-0.2, 0) is 4.79 Å². The molecule has 0 aliphatic carbocycles. The maximum atomic E-state index is 11.6.